The molecular weight excluding hydrogens is 405 g/mol. The van der Waals surface area contributed by atoms with Crippen molar-refractivity contribution < 1.29 is 17.3 Å². The quantitative estimate of drug-likeness (QED) is 0.616. The Morgan fingerprint density at radius 3 is 2.30 bits per heavy atom. The van der Waals surface area contributed by atoms with Crippen LogP contribution in [-0.4, -0.2) is 36.0 Å². The molecule has 1 aliphatic heterocycles. The van der Waals surface area contributed by atoms with Crippen molar-refractivity contribution in [3.8, 4) is 11.5 Å². The number of piperidine rings is 1. The van der Waals surface area contributed by atoms with Gasteiger partial charge in [0.25, 0.3) is 5.89 Å². The lowest BCUT2D eigenvalue weighted by Gasteiger charge is -2.30. The smallest absolute Gasteiger partial charge is 0.257 e. The summed E-state index contributed by atoms with van der Waals surface area (Å²) in [5, 5.41) is 4.07. The summed E-state index contributed by atoms with van der Waals surface area (Å²) < 4.78 is 46.3. The first-order valence-corrected chi connectivity index (χ1v) is 11.4. The zero-order valence-corrected chi connectivity index (χ0v) is 18.0. The molecule has 0 N–H and O–H groups in total. The Morgan fingerprint density at radius 1 is 1.00 bits per heavy atom. The molecule has 0 bridgehead atoms. The van der Waals surface area contributed by atoms with E-state index in [4.69, 9.17) is 4.52 Å². The fourth-order valence-electron chi connectivity index (χ4n) is 3.82. The summed E-state index contributed by atoms with van der Waals surface area (Å²) in [6, 6.07) is 9.56. The second kappa shape index (κ2) is 7.92. The lowest BCUT2D eigenvalue weighted by atomic mass is 9.97. The third kappa shape index (κ3) is 3.89. The molecule has 0 atom stereocenters. The minimum atomic E-state index is -3.55. The van der Waals surface area contributed by atoms with E-state index in [1.165, 1.54) is 12.1 Å². The van der Waals surface area contributed by atoms with Gasteiger partial charge < -0.3 is 4.52 Å². The number of sulfonamides is 1. The number of aromatic nitrogens is 2. The molecule has 0 unspecified atom stereocenters. The van der Waals surface area contributed by atoms with Gasteiger partial charge in [0.05, 0.1) is 4.90 Å². The van der Waals surface area contributed by atoms with Crippen molar-refractivity contribution >= 4 is 10.0 Å². The van der Waals surface area contributed by atoms with E-state index in [1.807, 2.05) is 26.8 Å². The highest BCUT2D eigenvalue weighted by molar-refractivity contribution is 7.89. The first-order chi connectivity index (χ1) is 14.3. The molecule has 1 fully saturated rings. The van der Waals surface area contributed by atoms with Crippen LogP contribution >= 0.6 is 0 Å². The zero-order chi connectivity index (χ0) is 21.5. The topological polar surface area (TPSA) is 76.3 Å². The van der Waals surface area contributed by atoms with Crippen LogP contribution in [-0.2, 0) is 10.0 Å². The Kier molecular flexibility index (Phi) is 5.46. The largest absolute Gasteiger partial charge is 0.334 e. The van der Waals surface area contributed by atoms with Gasteiger partial charge in [0, 0.05) is 24.6 Å². The van der Waals surface area contributed by atoms with Gasteiger partial charge in [-0.15, -0.1) is 0 Å². The van der Waals surface area contributed by atoms with Crippen molar-refractivity contribution in [1.82, 2.24) is 14.4 Å². The second-order valence-electron chi connectivity index (χ2n) is 7.84. The third-order valence-corrected chi connectivity index (χ3v) is 7.80. The Morgan fingerprint density at radius 2 is 1.63 bits per heavy atom. The van der Waals surface area contributed by atoms with Gasteiger partial charge in [-0.2, -0.15) is 9.29 Å². The number of aryl methyl sites for hydroxylation is 3. The van der Waals surface area contributed by atoms with Crippen LogP contribution in [0.3, 0.4) is 0 Å². The number of halogens is 1. The van der Waals surface area contributed by atoms with E-state index in [0.29, 0.717) is 48.1 Å². The van der Waals surface area contributed by atoms with E-state index >= 15 is 0 Å². The molecule has 2 aromatic carbocycles. The highest BCUT2D eigenvalue weighted by Crippen LogP contribution is 2.32. The standard InChI is InChI=1S/C22H24FN3O3S/c1-14-12-16(3)20(13-15(14)2)30(27,28)26-10-8-17(9-11-26)21-24-22(29-25-21)18-4-6-19(23)7-5-18/h4-7,12-13,17H,8-11H2,1-3H3. The van der Waals surface area contributed by atoms with Crippen molar-refractivity contribution in [1.29, 1.82) is 0 Å². The molecule has 30 heavy (non-hydrogen) atoms. The number of benzene rings is 2. The fraction of sp³-hybridized carbons (Fsp3) is 0.364. The summed E-state index contributed by atoms with van der Waals surface area (Å²) in [7, 11) is -3.55. The van der Waals surface area contributed by atoms with E-state index in [9.17, 15) is 12.8 Å². The average molecular weight is 430 g/mol. The molecule has 158 valence electrons. The second-order valence-corrected chi connectivity index (χ2v) is 9.75. The first kappa shape index (κ1) is 20.7. The predicted octanol–water partition coefficient (Wildman–Crippen LogP) is 4.37. The molecule has 6 nitrogen and oxygen atoms in total. The molecule has 1 saturated heterocycles. The van der Waals surface area contributed by atoms with Crippen molar-refractivity contribution in [2.45, 2.75) is 44.4 Å². The molecule has 0 saturated carbocycles. The highest BCUT2D eigenvalue weighted by atomic mass is 32.2. The monoisotopic (exact) mass is 429 g/mol. The molecule has 8 heteroatoms. The summed E-state index contributed by atoms with van der Waals surface area (Å²) in [6.45, 7) is 6.55. The lowest BCUT2D eigenvalue weighted by molar-refractivity contribution is 0.307. The summed E-state index contributed by atoms with van der Waals surface area (Å²) >= 11 is 0. The molecule has 1 aromatic heterocycles. The van der Waals surface area contributed by atoms with E-state index in [-0.39, 0.29) is 11.7 Å². The fourth-order valence-corrected chi connectivity index (χ4v) is 5.58. The van der Waals surface area contributed by atoms with Crippen LogP contribution in [0, 0.1) is 26.6 Å². The van der Waals surface area contributed by atoms with Crippen LogP contribution in [0.25, 0.3) is 11.5 Å². The Balaban J connectivity index is 1.48. The van der Waals surface area contributed by atoms with Gasteiger partial charge in [-0.3, -0.25) is 0 Å². The molecule has 1 aliphatic rings. The number of hydrogen-bond acceptors (Lipinski definition) is 5. The molecule has 4 rings (SSSR count). The summed E-state index contributed by atoms with van der Waals surface area (Å²) in [6.07, 6.45) is 1.23. The molecular formula is C22H24FN3O3S. The Bertz CT molecular complexity index is 1160. The van der Waals surface area contributed by atoms with Gasteiger partial charge in [-0.1, -0.05) is 11.2 Å². The van der Waals surface area contributed by atoms with Crippen LogP contribution in [0.15, 0.2) is 45.8 Å². The Labute approximate surface area is 175 Å². The van der Waals surface area contributed by atoms with Gasteiger partial charge in [0.1, 0.15) is 5.82 Å². The third-order valence-electron chi connectivity index (χ3n) is 5.76. The van der Waals surface area contributed by atoms with Crippen LogP contribution < -0.4 is 0 Å². The zero-order valence-electron chi connectivity index (χ0n) is 17.2. The predicted molar refractivity (Wildman–Crippen MR) is 111 cm³/mol. The van der Waals surface area contributed by atoms with Crippen LogP contribution in [0.2, 0.25) is 0 Å². The van der Waals surface area contributed by atoms with Gasteiger partial charge in [-0.25, -0.2) is 12.8 Å². The van der Waals surface area contributed by atoms with Crippen LogP contribution in [0.1, 0.15) is 41.3 Å². The van der Waals surface area contributed by atoms with E-state index in [2.05, 4.69) is 10.1 Å². The van der Waals surface area contributed by atoms with Crippen molar-refractivity contribution in [3.63, 3.8) is 0 Å². The number of nitrogens with zero attached hydrogens (tertiary/aromatic N) is 3. The minimum Gasteiger partial charge on any atom is -0.334 e. The molecule has 3 aromatic rings. The van der Waals surface area contributed by atoms with Crippen molar-refractivity contribution in [2.75, 3.05) is 13.1 Å². The van der Waals surface area contributed by atoms with Gasteiger partial charge >= 0.3 is 0 Å². The van der Waals surface area contributed by atoms with Crippen molar-refractivity contribution in [2.24, 2.45) is 0 Å². The maximum Gasteiger partial charge on any atom is 0.257 e. The van der Waals surface area contributed by atoms with Gasteiger partial charge in [-0.05, 0) is 80.6 Å². The lowest BCUT2D eigenvalue weighted by Crippen LogP contribution is -2.38. The van der Waals surface area contributed by atoms with Crippen molar-refractivity contribution in [3.05, 3.63) is 64.7 Å². The van der Waals surface area contributed by atoms with E-state index < -0.39 is 10.0 Å². The molecule has 0 radical (unpaired) electrons. The highest BCUT2D eigenvalue weighted by Gasteiger charge is 2.32. The number of hydrogen-bond donors (Lipinski definition) is 0. The average Bonchev–Trinajstić information content (AvgIpc) is 3.21. The molecule has 0 amide bonds. The van der Waals surface area contributed by atoms with Gasteiger partial charge in [0.15, 0.2) is 5.82 Å². The number of rotatable bonds is 4. The molecule has 2 heterocycles. The molecule has 0 aliphatic carbocycles. The summed E-state index contributed by atoms with van der Waals surface area (Å²) in [5.74, 6) is 0.598. The van der Waals surface area contributed by atoms with E-state index in [0.717, 1.165) is 16.7 Å². The summed E-state index contributed by atoms with van der Waals surface area (Å²) in [5.41, 5.74) is 3.47. The van der Waals surface area contributed by atoms with Crippen LogP contribution in [0.5, 0.6) is 0 Å². The molecule has 0 spiro atoms. The normalized spacial score (nSPS) is 16.1. The SMILES string of the molecule is Cc1cc(C)c(S(=O)(=O)N2CCC(c3noc(-c4ccc(F)cc4)n3)CC2)cc1C. The maximum absolute atomic E-state index is 13.2. The summed E-state index contributed by atoms with van der Waals surface area (Å²) in [4.78, 5) is 4.82. The first-order valence-electron chi connectivity index (χ1n) is 9.93. The maximum atomic E-state index is 13.2. The minimum absolute atomic E-state index is 0.0234. The Hall–Kier alpha value is -2.58. The van der Waals surface area contributed by atoms with Crippen LogP contribution in [0.4, 0.5) is 4.39 Å². The van der Waals surface area contributed by atoms with Gasteiger partial charge in [0.2, 0.25) is 10.0 Å². The van der Waals surface area contributed by atoms with E-state index in [1.54, 1.807) is 22.5 Å².